The minimum atomic E-state index is -0.0311. The van der Waals surface area contributed by atoms with Crippen molar-refractivity contribution in [2.24, 2.45) is 0 Å². The van der Waals surface area contributed by atoms with E-state index in [0.29, 0.717) is 22.9 Å². The van der Waals surface area contributed by atoms with Crippen molar-refractivity contribution in [2.45, 2.75) is 12.6 Å². The molecule has 6 heteroatoms. The molecule has 0 saturated carbocycles. The minimum absolute atomic E-state index is 0.0311. The van der Waals surface area contributed by atoms with Crippen LogP contribution in [0.15, 0.2) is 18.2 Å². The lowest BCUT2D eigenvalue weighted by atomic mass is 10.3. The van der Waals surface area contributed by atoms with Crippen molar-refractivity contribution in [3.63, 3.8) is 0 Å². The number of halogens is 1. The first-order valence-corrected chi connectivity index (χ1v) is 6.34. The summed E-state index contributed by atoms with van der Waals surface area (Å²) in [5, 5.41) is 0.686. The van der Waals surface area contributed by atoms with E-state index < -0.39 is 0 Å². The van der Waals surface area contributed by atoms with Gasteiger partial charge < -0.3 is 19.0 Å². The van der Waals surface area contributed by atoms with E-state index >= 15 is 0 Å². The summed E-state index contributed by atoms with van der Waals surface area (Å²) >= 11 is 11.3. The number of rotatable bonds is 5. The van der Waals surface area contributed by atoms with Crippen LogP contribution in [-0.4, -0.2) is 36.5 Å². The van der Waals surface area contributed by atoms with Gasteiger partial charge in [-0.1, -0.05) is 11.6 Å². The van der Waals surface area contributed by atoms with Crippen LogP contribution in [-0.2, 0) is 16.0 Å². The topological polar surface area (TPSA) is 39.2 Å². The molecule has 0 spiro atoms. The van der Waals surface area contributed by atoms with E-state index in [1.807, 2.05) is 22.8 Å². The summed E-state index contributed by atoms with van der Waals surface area (Å²) in [4.78, 5) is 3.14. The first kappa shape index (κ1) is 13.5. The smallest absolute Gasteiger partial charge is 0.178 e. The zero-order valence-electron chi connectivity index (χ0n) is 10.3. The van der Waals surface area contributed by atoms with E-state index in [1.54, 1.807) is 14.2 Å². The molecule has 1 heterocycles. The van der Waals surface area contributed by atoms with Gasteiger partial charge in [-0.15, -0.1) is 0 Å². The van der Waals surface area contributed by atoms with Gasteiger partial charge in [-0.2, -0.15) is 0 Å². The minimum Gasteiger partial charge on any atom is -0.382 e. The molecular formula is C12H15ClN2O2S. The van der Waals surface area contributed by atoms with Crippen LogP contribution in [0.4, 0.5) is 0 Å². The Morgan fingerprint density at radius 2 is 2.22 bits per heavy atom. The van der Waals surface area contributed by atoms with Gasteiger partial charge in [0, 0.05) is 19.2 Å². The fourth-order valence-electron chi connectivity index (χ4n) is 1.90. The van der Waals surface area contributed by atoms with Crippen molar-refractivity contribution in [2.75, 3.05) is 20.8 Å². The number of H-pyrrole nitrogens is 1. The standard InChI is InChI=1S/C12H15ClN2O2S/c1-16-7-9(17-2)6-15-11-4-3-8(13)5-10(11)14-12(15)18/h3-5,9H,6-7H2,1-2H3,(H,14,18). The molecule has 0 aliphatic rings. The van der Waals surface area contributed by atoms with Gasteiger partial charge in [-0.3, -0.25) is 0 Å². The number of methoxy groups -OCH3 is 2. The molecule has 0 aliphatic heterocycles. The van der Waals surface area contributed by atoms with Crippen LogP contribution in [0.1, 0.15) is 0 Å². The molecule has 1 aromatic heterocycles. The highest BCUT2D eigenvalue weighted by molar-refractivity contribution is 7.71. The molecule has 0 fully saturated rings. The Morgan fingerprint density at radius 1 is 1.44 bits per heavy atom. The third-order valence-corrected chi connectivity index (χ3v) is 3.37. The highest BCUT2D eigenvalue weighted by atomic mass is 35.5. The second kappa shape index (κ2) is 5.84. The Bertz CT molecular complexity index is 593. The average Bonchev–Trinajstić information content (AvgIpc) is 2.64. The molecule has 1 unspecified atom stereocenters. The maximum absolute atomic E-state index is 5.96. The van der Waals surface area contributed by atoms with Crippen molar-refractivity contribution in [3.8, 4) is 0 Å². The van der Waals surface area contributed by atoms with E-state index in [9.17, 15) is 0 Å². The number of hydrogen-bond donors (Lipinski definition) is 1. The molecule has 2 rings (SSSR count). The van der Waals surface area contributed by atoms with Crippen molar-refractivity contribution >= 4 is 34.9 Å². The van der Waals surface area contributed by atoms with Crippen LogP contribution in [0, 0.1) is 4.77 Å². The number of benzene rings is 1. The summed E-state index contributed by atoms with van der Waals surface area (Å²) in [5.41, 5.74) is 1.95. The van der Waals surface area contributed by atoms with E-state index in [2.05, 4.69) is 4.98 Å². The fourth-order valence-corrected chi connectivity index (χ4v) is 2.36. The second-order valence-electron chi connectivity index (χ2n) is 4.02. The van der Waals surface area contributed by atoms with Gasteiger partial charge in [0.15, 0.2) is 4.77 Å². The van der Waals surface area contributed by atoms with Crippen molar-refractivity contribution in [1.29, 1.82) is 0 Å². The molecular weight excluding hydrogens is 272 g/mol. The van der Waals surface area contributed by atoms with Crippen LogP contribution in [0.25, 0.3) is 11.0 Å². The Morgan fingerprint density at radius 3 is 2.89 bits per heavy atom. The Hall–Kier alpha value is -0.880. The number of nitrogens with zero attached hydrogens (tertiary/aromatic N) is 1. The largest absolute Gasteiger partial charge is 0.382 e. The summed E-state index contributed by atoms with van der Waals surface area (Å²) in [6, 6.07) is 5.66. The summed E-state index contributed by atoms with van der Waals surface area (Å²) < 4.78 is 13.1. The third-order valence-electron chi connectivity index (χ3n) is 2.81. The van der Waals surface area contributed by atoms with Crippen molar-refractivity contribution in [3.05, 3.63) is 28.0 Å². The first-order chi connectivity index (χ1) is 8.65. The van der Waals surface area contributed by atoms with E-state index in [1.165, 1.54) is 0 Å². The predicted octanol–water partition coefficient (Wildman–Crippen LogP) is 3.01. The van der Waals surface area contributed by atoms with Gasteiger partial charge in [-0.05, 0) is 30.4 Å². The average molecular weight is 287 g/mol. The lowest BCUT2D eigenvalue weighted by molar-refractivity contribution is 0.0188. The van der Waals surface area contributed by atoms with Gasteiger partial charge >= 0.3 is 0 Å². The number of fused-ring (bicyclic) bond motifs is 1. The predicted molar refractivity (Wildman–Crippen MR) is 74.8 cm³/mol. The van der Waals surface area contributed by atoms with E-state index in [4.69, 9.17) is 33.3 Å². The van der Waals surface area contributed by atoms with E-state index in [-0.39, 0.29) is 6.10 Å². The Balaban J connectivity index is 2.38. The van der Waals surface area contributed by atoms with Gasteiger partial charge in [0.05, 0.1) is 30.3 Å². The van der Waals surface area contributed by atoms with Crippen LogP contribution in [0.2, 0.25) is 5.02 Å². The Labute approximate surface area is 115 Å². The molecule has 0 amide bonds. The number of ether oxygens (including phenoxy) is 2. The lowest BCUT2D eigenvalue weighted by Crippen LogP contribution is -2.23. The van der Waals surface area contributed by atoms with Crippen LogP contribution in [0.5, 0.6) is 0 Å². The summed E-state index contributed by atoms with van der Waals surface area (Å²) in [5.74, 6) is 0. The highest BCUT2D eigenvalue weighted by Crippen LogP contribution is 2.19. The zero-order chi connectivity index (χ0) is 13.1. The zero-order valence-corrected chi connectivity index (χ0v) is 11.8. The Kier molecular flexibility index (Phi) is 4.40. The van der Waals surface area contributed by atoms with Gasteiger partial charge in [0.2, 0.25) is 0 Å². The van der Waals surface area contributed by atoms with Crippen LogP contribution in [0.3, 0.4) is 0 Å². The van der Waals surface area contributed by atoms with Gasteiger partial charge in [0.25, 0.3) is 0 Å². The number of imidazole rings is 1. The van der Waals surface area contributed by atoms with Crippen LogP contribution >= 0.6 is 23.8 Å². The molecule has 1 atom stereocenters. The third kappa shape index (κ3) is 2.75. The SMILES string of the molecule is COCC(Cn1c(=S)[nH]c2cc(Cl)ccc21)OC. The maximum atomic E-state index is 5.96. The van der Waals surface area contributed by atoms with E-state index in [0.717, 1.165) is 11.0 Å². The number of hydrogen-bond acceptors (Lipinski definition) is 3. The van der Waals surface area contributed by atoms with Crippen molar-refractivity contribution in [1.82, 2.24) is 9.55 Å². The number of aromatic amines is 1. The highest BCUT2D eigenvalue weighted by Gasteiger charge is 2.12. The monoisotopic (exact) mass is 286 g/mol. The molecule has 0 aliphatic carbocycles. The second-order valence-corrected chi connectivity index (χ2v) is 4.84. The molecule has 18 heavy (non-hydrogen) atoms. The molecule has 0 saturated heterocycles. The number of aromatic nitrogens is 2. The molecule has 0 bridgehead atoms. The summed E-state index contributed by atoms with van der Waals surface area (Å²) in [6.07, 6.45) is -0.0311. The maximum Gasteiger partial charge on any atom is 0.178 e. The lowest BCUT2D eigenvalue weighted by Gasteiger charge is -2.15. The molecule has 0 radical (unpaired) electrons. The molecule has 1 aromatic carbocycles. The summed E-state index contributed by atoms with van der Waals surface area (Å²) in [6.45, 7) is 1.17. The van der Waals surface area contributed by atoms with Crippen molar-refractivity contribution < 1.29 is 9.47 Å². The molecule has 2 aromatic rings. The van der Waals surface area contributed by atoms with Gasteiger partial charge in [-0.25, -0.2) is 0 Å². The number of nitrogens with one attached hydrogen (secondary N) is 1. The quantitative estimate of drug-likeness (QED) is 0.859. The normalized spacial score (nSPS) is 13.1. The van der Waals surface area contributed by atoms with Crippen LogP contribution < -0.4 is 0 Å². The first-order valence-electron chi connectivity index (χ1n) is 5.55. The fraction of sp³-hybridized carbons (Fsp3) is 0.417. The van der Waals surface area contributed by atoms with Gasteiger partial charge in [0.1, 0.15) is 0 Å². The molecule has 98 valence electrons. The molecule has 1 N–H and O–H groups in total. The summed E-state index contributed by atoms with van der Waals surface area (Å²) in [7, 11) is 3.32. The molecule has 4 nitrogen and oxygen atoms in total.